The number of hydrogen-bond acceptors (Lipinski definition) is 4. The Morgan fingerprint density at radius 3 is 2.57 bits per heavy atom. The minimum Gasteiger partial charge on any atom is -0.480 e. The van der Waals surface area contributed by atoms with Crippen molar-refractivity contribution >= 4 is 17.6 Å². The van der Waals surface area contributed by atoms with Crippen LogP contribution in [0.5, 0.6) is 0 Å². The summed E-state index contributed by atoms with van der Waals surface area (Å²) in [4.78, 5) is 24.3. The molecule has 0 saturated carbocycles. The Hall–Kier alpha value is -2.77. The van der Waals surface area contributed by atoms with Gasteiger partial charge in [-0.3, -0.25) is 9.59 Å². The Kier molecular flexibility index (Phi) is 4.27. The highest BCUT2D eigenvalue weighted by atomic mass is 19.1. The third kappa shape index (κ3) is 3.41. The zero-order valence-corrected chi connectivity index (χ0v) is 11.2. The molecule has 0 aliphatic heterocycles. The highest BCUT2D eigenvalue weighted by Gasteiger charge is 2.19. The number of hydrogen-bond donors (Lipinski definition) is 1. The van der Waals surface area contributed by atoms with Gasteiger partial charge in [0, 0.05) is 12.2 Å². The molecule has 7 nitrogen and oxygen atoms in total. The van der Waals surface area contributed by atoms with Crippen molar-refractivity contribution in [3.8, 4) is 0 Å². The van der Waals surface area contributed by atoms with Crippen LogP contribution in [0.1, 0.15) is 17.4 Å². The van der Waals surface area contributed by atoms with Crippen LogP contribution in [0.2, 0.25) is 0 Å². The van der Waals surface area contributed by atoms with Gasteiger partial charge in [0.15, 0.2) is 5.69 Å². The lowest BCUT2D eigenvalue weighted by molar-refractivity contribution is -0.137. The summed E-state index contributed by atoms with van der Waals surface area (Å²) < 4.78 is 14.0. The summed E-state index contributed by atoms with van der Waals surface area (Å²) in [5, 5.41) is 15.9. The molecule has 0 unspecified atom stereocenters. The molecule has 2 rings (SSSR count). The molecular weight excluding hydrogens is 279 g/mol. The minimum absolute atomic E-state index is 0.0300. The molecule has 1 aromatic carbocycles. The van der Waals surface area contributed by atoms with Gasteiger partial charge in [0.2, 0.25) is 0 Å². The van der Waals surface area contributed by atoms with Crippen molar-refractivity contribution in [3.05, 3.63) is 42.0 Å². The lowest BCUT2D eigenvalue weighted by Gasteiger charge is -2.19. The monoisotopic (exact) mass is 292 g/mol. The molecule has 8 heteroatoms. The number of anilines is 1. The molecule has 110 valence electrons. The second-order valence-electron chi connectivity index (χ2n) is 4.22. The molecule has 1 heterocycles. The topological polar surface area (TPSA) is 88.3 Å². The maximum absolute atomic E-state index is 12.9. The number of carbonyl (C=O) groups excluding carboxylic acids is 1. The SMILES string of the molecule is CCN(C(=O)c1cn(CC(=O)O)nn1)c1ccc(F)cc1. The van der Waals surface area contributed by atoms with E-state index in [2.05, 4.69) is 10.3 Å². The van der Waals surface area contributed by atoms with Gasteiger partial charge in [0.1, 0.15) is 12.4 Å². The number of aliphatic carboxylic acids is 1. The van der Waals surface area contributed by atoms with Gasteiger partial charge < -0.3 is 10.0 Å². The number of amides is 1. The molecule has 0 aliphatic carbocycles. The second kappa shape index (κ2) is 6.12. The van der Waals surface area contributed by atoms with Gasteiger partial charge in [-0.05, 0) is 31.2 Å². The van der Waals surface area contributed by atoms with Crippen LogP contribution in [0, 0.1) is 5.82 Å². The smallest absolute Gasteiger partial charge is 0.325 e. The highest BCUT2D eigenvalue weighted by molar-refractivity contribution is 6.04. The predicted molar refractivity (Wildman–Crippen MR) is 71.4 cm³/mol. The van der Waals surface area contributed by atoms with E-state index in [-0.39, 0.29) is 12.2 Å². The maximum Gasteiger partial charge on any atom is 0.325 e. The van der Waals surface area contributed by atoms with Crippen molar-refractivity contribution in [2.75, 3.05) is 11.4 Å². The van der Waals surface area contributed by atoms with Gasteiger partial charge in [-0.15, -0.1) is 5.10 Å². The van der Waals surface area contributed by atoms with Gasteiger partial charge in [0.25, 0.3) is 5.91 Å². The number of benzene rings is 1. The van der Waals surface area contributed by atoms with Crippen LogP contribution < -0.4 is 4.90 Å². The number of carboxylic acids is 1. The molecule has 2 aromatic rings. The van der Waals surface area contributed by atoms with E-state index >= 15 is 0 Å². The molecule has 0 bridgehead atoms. The van der Waals surface area contributed by atoms with Gasteiger partial charge in [-0.1, -0.05) is 5.21 Å². The molecule has 0 saturated heterocycles. The maximum atomic E-state index is 12.9. The molecule has 0 fully saturated rings. The molecule has 21 heavy (non-hydrogen) atoms. The molecular formula is C13H13FN4O3. The van der Waals surface area contributed by atoms with Gasteiger partial charge in [-0.2, -0.15) is 0 Å². The summed E-state index contributed by atoms with van der Waals surface area (Å²) in [6.45, 7) is 1.75. The molecule has 0 aliphatic rings. The van der Waals surface area contributed by atoms with Crippen molar-refractivity contribution in [1.29, 1.82) is 0 Å². The summed E-state index contributed by atoms with van der Waals surface area (Å²) in [7, 11) is 0. The third-order valence-corrected chi connectivity index (χ3v) is 2.75. The van der Waals surface area contributed by atoms with Crippen molar-refractivity contribution < 1.29 is 19.1 Å². The lowest BCUT2D eigenvalue weighted by Crippen LogP contribution is -2.30. The van der Waals surface area contributed by atoms with Crippen molar-refractivity contribution in [1.82, 2.24) is 15.0 Å². The normalized spacial score (nSPS) is 10.4. The Morgan fingerprint density at radius 2 is 2.00 bits per heavy atom. The predicted octanol–water partition coefficient (Wildman–Crippen LogP) is 1.17. The Morgan fingerprint density at radius 1 is 1.33 bits per heavy atom. The first-order valence-electron chi connectivity index (χ1n) is 6.20. The van der Waals surface area contributed by atoms with Gasteiger partial charge in [0.05, 0.1) is 6.20 Å². The van der Waals surface area contributed by atoms with Crippen LogP contribution in [-0.4, -0.2) is 38.5 Å². The van der Waals surface area contributed by atoms with E-state index in [1.165, 1.54) is 35.4 Å². The summed E-state index contributed by atoms with van der Waals surface area (Å²) >= 11 is 0. The average molecular weight is 292 g/mol. The van der Waals surface area contributed by atoms with E-state index in [0.717, 1.165) is 4.68 Å². The molecule has 1 aromatic heterocycles. The fourth-order valence-corrected chi connectivity index (χ4v) is 1.82. The van der Waals surface area contributed by atoms with Crippen LogP contribution in [0.25, 0.3) is 0 Å². The first-order chi connectivity index (χ1) is 10.0. The van der Waals surface area contributed by atoms with E-state index in [9.17, 15) is 14.0 Å². The minimum atomic E-state index is -1.08. The quantitative estimate of drug-likeness (QED) is 0.893. The zero-order chi connectivity index (χ0) is 15.4. The molecule has 1 amide bonds. The zero-order valence-electron chi connectivity index (χ0n) is 11.2. The average Bonchev–Trinajstić information content (AvgIpc) is 2.89. The number of rotatable bonds is 5. The van der Waals surface area contributed by atoms with Crippen molar-refractivity contribution in [2.24, 2.45) is 0 Å². The van der Waals surface area contributed by atoms with Crippen molar-refractivity contribution in [2.45, 2.75) is 13.5 Å². The standard InChI is InChI=1S/C13H13FN4O3/c1-2-18(10-5-3-9(14)4-6-10)13(21)11-7-17(16-15-11)8-12(19)20/h3-7H,2,8H2,1H3,(H,19,20). The van der Waals surface area contributed by atoms with Crippen molar-refractivity contribution in [3.63, 3.8) is 0 Å². The van der Waals surface area contributed by atoms with Crippen LogP contribution in [0.15, 0.2) is 30.5 Å². The van der Waals surface area contributed by atoms with Gasteiger partial charge in [-0.25, -0.2) is 9.07 Å². The van der Waals surface area contributed by atoms with Crippen LogP contribution in [0.4, 0.5) is 10.1 Å². The van der Waals surface area contributed by atoms with E-state index in [1.54, 1.807) is 6.92 Å². The van der Waals surface area contributed by atoms with E-state index < -0.39 is 17.7 Å². The number of halogens is 1. The third-order valence-electron chi connectivity index (χ3n) is 2.75. The summed E-state index contributed by atoms with van der Waals surface area (Å²) in [6, 6.07) is 5.48. The first kappa shape index (κ1) is 14.6. The summed E-state index contributed by atoms with van der Waals surface area (Å²) in [5.74, 6) is -1.90. The number of carboxylic acid groups (broad SMARTS) is 1. The van der Waals surface area contributed by atoms with Crippen LogP contribution in [0.3, 0.4) is 0 Å². The molecule has 1 N–H and O–H groups in total. The Balaban J connectivity index is 2.21. The fourth-order valence-electron chi connectivity index (χ4n) is 1.82. The molecule has 0 spiro atoms. The van der Waals surface area contributed by atoms with Crippen LogP contribution in [-0.2, 0) is 11.3 Å². The first-order valence-corrected chi connectivity index (χ1v) is 6.20. The summed E-state index contributed by atoms with van der Waals surface area (Å²) in [5.41, 5.74) is 0.555. The Bertz CT molecular complexity index is 654. The van der Waals surface area contributed by atoms with E-state index in [4.69, 9.17) is 5.11 Å². The fraction of sp³-hybridized carbons (Fsp3) is 0.231. The molecule has 0 radical (unpaired) electrons. The van der Waals surface area contributed by atoms with Crippen LogP contribution >= 0.6 is 0 Å². The highest BCUT2D eigenvalue weighted by Crippen LogP contribution is 2.16. The largest absolute Gasteiger partial charge is 0.480 e. The van der Waals surface area contributed by atoms with Gasteiger partial charge >= 0.3 is 5.97 Å². The second-order valence-corrected chi connectivity index (χ2v) is 4.22. The van der Waals surface area contributed by atoms with E-state index in [0.29, 0.717) is 12.2 Å². The Labute approximate surface area is 119 Å². The number of aromatic nitrogens is 3. The lowest BCUT2D eigenvalue weighted by atomic mass is 10.2. The number of nitrogens with zero attached hydrogens (tertiary/aromatic N) is 4. The van der Waals surface area contributed by atoms with E-state index in [1.807, 2.05) is 0 Å². The summed E-state index contributed by atoms with van der Waals surface area (Å²) in [6.07, 6.45) is 1.27. The number of carbonyl (C=O) groups is 2. The molecule has 0 atom stereocenters.